The third kappa shape index (κ3) is 3.61. The molecule has 1 N–H and O–H groups in total. The summed E-state index contributed by atoms with van der Waals surface area (Å²) >= 11 is 0. The summed E-state index contributed by atoms with van der Waals surface area (Å²) < 4.78 is 26.3. The lowest BCUT2D eigenvalue weighted by atomic mass is 10.0. The van der Waals surface area contributed by atoms with Crippen LogP contribution in [0.1, 0.15) is 30.5 Å². The Labute approximate surface area is 112 Å². The lowest BCUT2D eigenvalue weighted by Crippen LogP contribution is -2.20. The molecule has 0 aliphatic rings. The average Bonchev–Trinajstić information content (AvgIpc) is 2.43. The fourth-order valence-electron chi connectivity index (χ4n) is 2.08. The molecule has 19 heavy (non-hydrogen) atoms. The highest BCUT2D eigenvalue weighted by molar-refractivity contribution is 5.21. The molecule has 0 amide bonds. The van der Waals surface area contributed by atoms with Crippen molar-refractivity contribution in [3.63, 3.8) is 0 Å². The number of rotatable bonds is 5. The van der Waals surface area contributed by atoms with Crippen LogP contribution in [0.2, 0.25) is 0 Å². The molecular weight excluding hydrogens is 244 g/mol. The normalized spacial score (nSPS) is 12.4. The van der Waals surface area contributed by atoms with Crippen LogP contribution in [0.3, 0.4) is 0 Å². The molecule has 0 saturated heterocycles. The number of nitrogens with one attached hydrogen (secondary N) is 1. The van der Waals surface area contributed by atoms with Crippen molar-refractivity contribution in [2.45, 2.75) is 25.9 Å². The van der Waals surface area contributed by atoms with Gasteiger partial charge >= 0.3 is 0 Å². The summed E-state index contributed by atoms with van der Waals surface area (Å²) in [5.74, 6) is -1.05. The standard InChI is InChI=1S/C16H17F2N/c1-2-16(12-6-4-3-5-7-12)19-11-13-8-9-14(17)10-15(13)18/h3-10,16,19H,2,11H2,1H3. The van der Waals surface area contributed by atoms with Gasteiger partial charge in [-0.25, -0.2) is 8.78 Å². The highest BCUT2D eigenvalue weighted by atomic mass is 19.1. The Kier molecular flexibility index (Phi) is 4.63. The van der Waals surface area contributed by atoms with E-state index in [1.807, 2.05) is 30.3 Å². The van der Waals surface area contributed by atoms with Gasteiger partial charge in [-0.3, -0.25) is 0 Å². The van der Waals surface area contributed by atoms with E-state index < -0.39 is 11.6 Å². The molecule has 0 saturated carbocycles. The van der Waals surface area contributed by atoms with E-state index in [9.17, 15) is 8.78 Å². The first kappa shape index (κ1) is 13.7. The fourth-order valence-corrected chi connectivity index (χ4v) is 2.08. The van der Waals surface area contributed by atoms with Gasteiger partial charge in [0.25, 0.3) is 0 Å². The second-order valence-electron chi connectivity index (χ2n) is 4.49. The Balaban J connectivity index is 2.04. The maximum atomic E-state index is 13.5. The second kappa shape index (κ2) is 6.43. The minimum Gasteiger partial charge on any atom is -0.306 e. The maximum absolute atomic E-state index is 13.5. The number of halogens is 2. The minimum absolute atomic E-state index is 0.172. The first-order chi connectivity index (χ1) is 9.20. The molecule has 2 aromatic carbocycles. The Hall–Kier alpha value is -1.74. The molecule has 2 aromatic rings. The molecule has 3 heteroatoms. The van der Waals surface area contributed by atoms with Gasteiger partial charge in [-0.15, -0.1) is 0 Å². The van der Waals surface area contributed by atoms with Crippen molar-refractivity contribution in [1.29, 1.82) is 0 Å². The first-order valence-corrected chi connectivity index (χ1v) is 6.43. The van der Waals surface area contributed by atoms with Gasteiger partial charge in [-0.05, 0) is 18.1 Å². The summed E-state index contributed by atoms with van der Waals surface area (Å²) in [6.07, 6.45) is 0.910. The zero-order valence-corrected chi connectivity index (χ0v) is 10.9. The molecule has 100 valence electrons. The third-order valence-corrected chi connectivity index (χ3v) is 3.16. The SMILES string of the molecule is CCC(NCc1ccc(F)cc1F)c1ccccc1. The van der Waals surface area contributed by atoms with Crippen molar-refractivity contribution >= 4 is 0 Å². The first-order valence-electron chi connectivity index (χ1n) is 6.43. The maximum Gasteiger partial charge on any atom is 0.130 e. The van der Waals surface area contributed by atoms with E-state index >= 15 is 0 Å². The van der Waals surface area contributed by atoms with E-state index in [2.05, 4.69) is 12.2 Å². The van der Waals surface area contributed by atoms with E-state index in [1.54, 1.807) is 0 Å². The Morgan fingerprint density at radius 3 is 2.42 bits per heavy atom. The van der Waals surface area contributed by atoms with Gasteiger partial charge in [0.15, 0.2) is 0 Å². The van der Waals surface area contributed by atoms with Gasteiger partial charge in [-0.1, -0.05) is 43.3 Å². The van der Waals surface area contributed by atoms with Crippen LogP contribution < -0.4 is 5.32 Å². The van der Waals surface area contributed by atoms with Crippen molar-refractivity contribution in [3.8, 4) is 0 Å². The molecule has 1 unspecified atom stereocenters. The molecule has 2 rings (SSSR count). The molecule has 0 spiro atoms. The van der Waals surface area contributed by atoms with Crippen LogP contribution in [0.4, 0.5) is 8.78 Å². The van der Waals surface area contributed by atoms with Crippen molar-refractivity contribution in [1.82, 2.24) is 5.32 Å². The molecule has 0 bridgehead atoms. The molecule has 0 radical (unpaired) electrons. The van der Waals surface area contributed by atoms with Crippen LogP contribution in [0.15, 0.2) is 48.5 Å². The summed E-state index contributed by atoms with van der Waals surface area (Å²) in [6, 6.07) is 13.9. The zero-order valence-electron chi connectivity index (χ0n) is 10.9. The Morgan fingerprint density at radius 1 is 1.05 bits per heavy atom. The summed E-state index contributed by atoms with van der Waals surface area (Å²) in [7, 11) is 0. The smallest absolute Gasteiger partial charge is 0.130 e. The monoisotopic (exact) mass is 261 g/mol. The number of hydrogen-bond donors (Lipinski definition) is 1. The van der Waals surface area contributed by atoms with Crippen molar-refractivity contribution in [2.75, 3.05) is 0 Å². The van der Waals surface area contributed by atoms with E-state index in [0.717, 1.165) is 12.5 Å². The van der Waals surface area contributed by atoms with Crippen molar-refractivity contribution < 1.29 is 8.78 Å². The fraction of sp³-hybridized carbons (Fsp3) is 0.250. The molecule has 1 atom stereocenters. The molecular formula is C16H17F2N. The minimum atomic E-state index is -0.545. The van der Waals surface area contributed by atoms with Crippen LogP contribution in [0.5, 0.6) is 0 Å². The lowest BCUT2D eigenvalue weighted by molar-refractivity contribution is 0.500. The van der Waals surface area contributed by atoms with Gasteiger partial charge in [0, 0.05) is 24.2 Å². The average molecular weight is 261 g/mol. The van der Waals surface area contributed by atoms with Crippen LogP contribution in [-0.4, -0.2) is 0 Å². The Morgan fingerprint density at radius 2 is 1.79 bits per heavy atom. The summed E-state index contributed by atoms with van der Waals surface area (Å²) in [5, 5.41) is 3.30. The van der Waals surface area contributed by atoms with Gasteiger partial charge in [0.2, 0.25) is 0 Å². The highest BCUT2D eigenvalue weighted by Gasteiger charge is 2.10. The van der Waals surface area contributed by atoms with Gasteiger partial charge in [0.1, 0.15) is 11.6 Å². The van der Waals surface area contributed by atoms with E-state index in [1.165, 1.54) is 17.7 Å². The second-order valence-corrected chi connectivity index (χ2v) is 4.49. The van der Waals surface area contributed by atoms with E-state index in [0.29, 0.717) is 12.1 Å². The summed E-state index contributed by atoms with van der Waals surface area (Å²) in [4.78, 5) is 0. The topological polar surface area (TPSA) is 12.0 Å². The lowest BCUT2D eigenvalue weighted by Gasteiger charge is -2.17. The number of benzene rings is 2. The van der Waals surface area contributed by atoms with E-state index in [-0.39, 0.29) is 6.04 Å². The molecule has 0 aliphatic heterocycles. The van der Waals surface area contributed by atoms with E-state index in [4.69, 9.17) is 0 Å². The molecule has 0 fully saturated rings. The molecule has 0 aromatic heterocycles. The molecule has 0 heterocycles. The zero-order chi connectivity index (χ0) is 13.7. The van der Waals surface area contributed by atoms with Crippen LogP contribution >= 0.6 is 0 Å². The molecule has 1 nitrogen and oxygen atoms in total. The van der Waals surface area contributed by atoms with Crippen LogP contribution in [0, 0.1) is 11.6 Å². The van der Waals surface area contributed by atoms with Gasteiger partial charge in [0.05, 0.1) is 0 Å². The number of hydrogen-bond acceptors (Lipinski definition) is 1. The third-order valence-electron chi connectivity index (χ3n) is 3.16. The van der Waals surface area contributed by atoms with Crippen molar-refractivity contribution in [2.24, 2.45) is 0 Å². The summed E-state index contributed by atoms with van der Waals surface area (Å²) in [5.41, 5.74) is 1.66. The van der Waals surface area contributed by atoms with Gasteiger partial charge in [-0.2, -0.15) is 0 Å². The largest absolute Gasteiger partial charge is 0.306 e. The van der Waals surface area contributed by atoms with Gasteiger partial charge < -0.3 is 5.32 Å². The van der Waals surface area contributed by atoms with Crippen LogP contribution in [-0.2, 0) is 6.54 Å². The van der Waals surface area contributed by atoms with Crippen molar-refractivity contribution in [3.05, 3.63) is 71.3 Å². The highest BCUT2D eigenvalue weighted by Crippen LogP contribution is 2.17. The quantitative estimate of drug-likeness (QED) is 0.850. The molecule has 0 aliphatic carbocycles. The summed E-state index contributed by atoms with van der Waals surface area (Å²) in [6.45, 7) is 2.46. The Bertz CT molecular complexity index is 526. The predicted molar refractivity (Wildman–Crippen MR) is 72.7 cm³/mol. The van der Waals surface area contributed by atoms with Crippen LogP contribution in [0.25, 0.3) is 0 Å². The predicted octanol–water partition coefficient (Wildman–Crippen LogP) is 4.21.